The molecule has 1 aliphatic rings. The topological polar surface area (TPSA) is 62.6 Å². The number of nitrogens with zero attached hydrogens (tertiary/aromatic N) is 2. The largest absolute Gasteiger partial charge is 0.486 e. The van der Waals surface area contributed by atoms with E-state index in [1.54, 1.807) is 17.0 Å². The monoisotopic (exact) mass is 410 g/mol. The number of amides is 1. The van der Waals surface area contributed by atoms with Gasteiger partial charge < -0.3 is 14.4 Å². The van der Waals surface area contributed by atoms with Crippen LogP contribution in [0, 0.1) is 11.3 Å². The molecule has 0 saturated carbocycles. The third-order valence-electron chi connectivity index (χ3n) is 4.94. The van der Waals surface area contributed by atoms with Gasteiger partial charge in [0.25, 0.3) is 5.91 Å². The van der Waals surface area contributed by atoms with Crippen LogP contribution in [-0.4, -0.2) is 25.7 Å². The highest BCUT2D eigenvalue weighted by atomic mass is 16.6. The summed E-state index contributed by atoms with van der Waals surface area (Å²) in [6, 6.07) is 24.8. The summed E-state index contributed by atoms with van der Waals surface area (Å²) in [5.41, 5.74) is 3.14. The minimum Gasteiger partial charge on any atom is -0.486 e. The zero-order valence-corrected chi connectivity index (χ0v) is 17.0. The number of hydrogen-bond donors (Lipinski definition) is 0. The van der Waals surface area contributed by atoms with Gasteiger partial charge in [-0.2, -0.15) is 5.26 Å². The third kappa shape index (κ3) is 4.93. The molecule has 154 valence electrons. The summed E-state index contributed by atoms with van der Waals surface area (Å²) >= 11 is 0. The van der Waals surface area contributed by atoms with Gasteiger partial charge in [-0.25, -0.2) is 0 Å². The SMILES string of the molecule is N#CCc1cccc(C(=O)N(C/C=C/c2ccccc2)c2ccc3c(c2)OCCO3)c1. The van der Waals surface area contributed by atoms with Gasteiger partial charge in [0.15, 0.2) is 11.5 Å². The highest BCUT2D eigenvalue weighted by molar-refractivity contribution is 6.06. The van der Waals surface area contributed by atoms with Crippen molar-refractivity contribution in [2.75, 3.05) is 24.7 Å². The van der Waals surface area contributed by atoms with Crippen molar-refractivity contribution in [3.63, 3.8) is 0 Å². The van der Waals surface area contributed by atoms with Gasteiger partial charge in [-0.15, -0.1) is 0 Å². The first-order valence-electron chi connectivity index (χ1n) is 10.1. The second-order valence-electron chi connectivity index (χ2n) is 7.09. The third-order valence-corrected chi connectivity index (χ3v) is 4.94. The molecule has 0 spiro atoms. The van der Waals surface area contributed by atoms with Crippen molar-refractivity contribution in [2.24, 2.45) is 0 Å². The van der Waals surface area contributed by atoms with Gasteiger partial charge in [-0.05, 0) is 35.4 Å². The van der Waals surface area contributed by atoms with Gasteiger partial charge in [-0.1, -0.05) is 54.6 Å². The molecule has 0 aromatic heterocycles. The van der Waals surface area contributed by atoms with Crippen LogP contribution in [0.2, 0.25) is 0 Å². The number of fused-ring (bicyclic) bond motifs is 1. The Morgan fingerprint density at radius 3 is 2.58 bits per heavy atom. The molecule has 5 heteroatoms. The molecule has 31 heavy (non-hydrogen) atoms. The van der Waals surface area contributed by atoms with E-state index in [2.05, 4.69) is 6.07 Å². The first-order chi connectivity index (χ1) is 15.2. The van der Waals surface area contributed by atoms with Crippen LogP contribution in [0.3, 0.4) is 0 Å². The predicted molar refractivity (Wildman–Crippen MR) is 120 cm³/mol. The number of anilines is 1. The Bertz CT molecular complexity index is 1130. The van der Waals surface area contributed by atoms with E-state index in [9.17, 15) is 4.79 Å². The van der Waals surface area contributed by atoms with Gasteiger partial charge in [0.1, 0.15) is 13.2 Å². The van der Waals surface area contributed by atoms with E-state index < -0.39 is 0 Å². The lowest BCUT2D eigenvalue weighted by atomic mass is 10.1. The molecule has 0 unspecified atom stereocenters. The van der Waals surface area contributed by atoms with Crippen LogP contribution >= 0.6 is 0 Å². The molecule has 3 aromatic carbocycles. The smallest absolute Gasteiger partial charge is 0.258 e. The summed E-state index contributed by atoms with van der Waals surface area (Å²) in [6.45, 7) is 1.38. The highest BCUT2D eigenvalue weighted by Gasteiger charge is 2.20. The fourth-order valence-electron chi connectivity index (χ4n) is 3.43. The highest BCUT2D eigenvalue weighted by Crippen LogP contribution is 2.34. The molecule has 1 amide bonds. The second kappa shape index (κ2) is 9.64. The van der Waals surface area contributed by atoms with E-state index in [0.717, 1.165) is 16.8 Å². The van der Waals surface area contributed by atoms with Gasteiger partial charge in [-0.3, -0.25) is 4.79 Å². The summed E-state index contributed by atoms with van der Waals surface area (Å²) < 4.78 is 11.3. The zero-order chi connectivity index (χ0) is 21.5. The summed E-state index contributed by atoms with van der Waals surface area (Å²) in [4.78, 5) is 15.1. The molecule has 5 nitrogen and oxygen atoms in total. The number of carbonyl (C=O) groups is 1. The van der Waals surface area contributed by atoms with Crippen molar-refractivity contribution in [3.05, 3.63) is 95.6 Å². The van der Waals surface area contributed by atoms with Crippen molar-refractivity contribution in [1.29, 1.82) is 5.26 Å². The Balaban J connectivity index is 1.65. The van der Waals surface area contributed by atoms with Crippen molar-refractivity contribution in [2.45, 2.75) is 6.42 Å². The first-order valence-corrected chi connectivity index (χ1v) is 10.1. The van der Waals surface area contributed by atoms with Crippen LogP contribution in [0.5, 0.6) is 11.5 Å². The Labute approximate surface area is 181 Å². The molecule has 0 aliphatic carbocycles. The molecule has 4 rings (SSSR count). The number of hydrogen-bond acceptors (Lipinski definition) is 4. The Kier molecular flexibility index (Phi) is 6.29. The molecular formula is C26H22N2O3. The lowest BCUT2D eigenvalue weighted by Crippen LogP contribution is -2.31. The molecule has 0 N–H and O–H groups in total. The van der Waals surface area contributed by atoms with Crippen molar-refractivity contribution in [3.8, 4) is 17.6 Å². The van der Waals surface area contributed by atoms with Gasteiger partial charge >= 0.3 is 0 Å². The normalized spacial score (nSPS) is 12.4. The maximum atomic E-state index is 13.4. The van der Waals surface area contributed by atoms with Crippen LogP contribution in [0.4, 0.5) is 5.69 Å². The van der Waals surface area contributed by atoms with Gasteiger partial charge in [0, 0.05) is 23.9 Å². The predicted octanol–water partition coefficient (Wildman–Crippen LogP) is 4.88. The van der Waals surface area contributed by atoms with Crippen LogP contribution in [0.15, 0.2) is 78.9 Å². The summed E-state index contributed by atoms with van der Waals surface area (Å²) in [5, 5.41) is 8.99. The van der Waals surface area contributed by atoms with E-state index in [-0.39, 0.29) is 12.3 Å². The molecule has 1 heterocycles. The standard InChI is InChI=1S/C26H22N2O3/c27-14-13-21-8-4-10-22(18-21)26(29)28(15-5-9-20-6-2-1-3-7-20)23-11-12-24-25(19-23)31-17-16-30-24/h1-12,18-19H,13,15-17H2/b9-5+. The number of ether oxygens (including phenoxy) is 2. The average Bonchev–Trinajstić information content (AvgIpc) is 2.82. The van der Waals surface area contributed by atoms with E-state index in [1.165, 1.54) is 0 Å². The lowest BCUT2D eigenvalue weighted by Gasteiger charge is -2.25. The molecule has 3 aromatic rings. The summed E-state index contributed by atoms with van der Waals surface area (Å²) in [7, 11) is 0. The van der Waals surface area contributed by atoms with Crippen molar-refractivity contribution in [1.82, 2.24) is 0 Å². The summed E-state index contributed by atoms with van der Waals surface area (Å²) in [5.74, 6) is 1.17. The fraction of sp³-hybridized carbons (Fsp3) is 0.154. The van der Waals surface area contributed by atoms with Crippen LogP contribution in [0.1, 0.15) is 21.5 Å². The quantitative estimate of drug-likeness (QED) is 0.581. The molecular weight excluding hydrogens is 388 g/mol. The van der Waals surface area contributed by atoms with Crippen LogP contribution in [0.25, 0.3) is 6.08 Å². The van der Waals surface area contributed by atoms with Gasteiger partial charge in [0.2, 0.25) is 0 Å². The molecule has 0 saturated heterocycles. The van der Waals surface area contributed by atoms with Crippen LogP contribution in [-0.2, 0) is 6.42 Å². The number of rotatable bonds is 6. The number of carbonyl (C=O) groups excluding carboxylic acids is 1. The Morgan fingerprint density at radius 2 is 1.77 bits per heavy atom. The Morgan fingerprint density at radius 1 is 0.968 bits per heavy atom. The first kappa shape index (κ1) is 20.2. The summed E-state index contributed by atoms with van der Waals surface area (Å²) in [6.07, 6.45) is 4.21. The van der Waals surface area contributed by atoms with E-state index in [0.29, 0.717) is 36.8 Å². The number of nitriles is 1. The second-order valence-corrected chi connectivity index (χ2v) is 7.09. The zero-order valence-electron chi connectivity index (χ0n) is 17.0. The average molecular weight is 410 g/mol. The molecule has 0 bridgehead atoms. The molecule has 0 radical (unpaired) electrons. The minimum absolute atomic E-state index is 0.144. The van der Waals surface area contributed by atoms with Crippen molar-refractivity contribution < 1.29 is 14.3 Å². The molecule has 1 aliphatic heterocycles. The van der Waals surface area contributed by atoms with E-state index in [1.807, 2.05) is 72.8 Å². The fourth-order valence-corrected chi connectivity index (χ4v) is 3.43. The lowest BCUT2D eigenvalue weighted by molar-refractivity contribution is 0.0989. The minimum atomic E-state index is -0.144. The maximum absolute atomic E-state index is 13.4. The van der Waals surface area contributed by atoms with Crippen molar-refractivity contribution >= 4 is 17.7 Å². The van der Waals surface area contributed by atoms with Crippen LogP contribution < -0.4 is 14.4 Å². The maximum Gasteiger partial charge on any atom is 0.258 e. The van der Waals surface area contributed by atoms with E-state index in [4.69, 9.17) is 14.7 Å². The Hall–Kier alpha value is -4.04. The van der Waals surface area contributed by atoms with Gasteiger partial charge in [0.05, 0.1) is 12.5 Å². The number of benzene rings is 3. The molecule has 0 atom stereocenters. The van der Waals surface area contributed by atoms with E-state index >= 15 is 0 Å². The molecule has 0 fully saturated rings.